The second kappa shape index (κ2) is 9.44. The Kier molecular flexibility index (Phi) is 6.73. The average Bonchev–Trinajstić information content (AvgIpc) is 2.68. The van der Waals surface area contributed by atoms with Crippen LogP contribution in [0.4, 0.5) is 4.39 Å². The van der Waals surface area contributed by atoms with Crippen molar-refractivity contribution >= 4 is 11.9 Å². The molecule has 0 N–H and O–H groups in total. The summed E-state index contributed by atoms with van der Waals surface area (Å²) >= 11 is 0. The lowest BCUT2D eigenvalue weighted by atomic mass is 9.95. The minimum atomic E-state index is -0.261. The van der Waals surface area contributed by atoms with Crippen LogP contribution in [-0.4, -0.2) is 29.8 Å². The molecular weight excluding hydrogens is 325 g/mol. The summed E-state index contributed by atoms with van der Waals surface area (Å²) in [6, 6.07) is 17.3. The summed E-state index contributed by atoms with van der Waals surface area (Å²) in [6.45, 7) is 1.89. The standard InChI is InChI=1S/C23H26FNO/c24-21-12-9-19(10-13-21)11-14-23(26)15-17-25-16-5-4-8-22(25)18-20-6-2-1-3-7-20/h1-3,6-7,9-14,22H,4-5,8,15-18H2. The summed E-state index contributed by atoms with van der Waals surface area (Å²) in [7, 11) is 0. The van der Waals surface area contributed by atoms with Gasteiger partial charge in [-0.2, -0.15) is 0 Å². The molecule has 1 saturated heterocycles. The maximum absolute atomic E-state index is 12.9. The molecule has 1 heterocycles. The summed E-state index contributed by atoms with van der Waals surface area (Å²) in [6.07, 6.45) is 8.65. The Bertz CT molecular complexity index is 724. The number of piperidine rings is 1. The summed E-state index contributed by atoms with van der Waals surface area (Å²) in [5.41, 5.74) is 2.21. The zero-order valence-corrected chi connectivity index (χ0v) is 15.1. The Morgan fingerprint density at radius 1 is 1.08 bits per heavy atom. The van der Waals surface area contributed by atoms with Gasteiger partial charge in [0.15, 0.2) is 5.78 Å². The van der Waals surface area contributed by atoms with Crippen LogP contribution in [0.3, 0.4) is 0 Å². The van der Waals surface area contributed by atoms with Crippen LogP contribution in [0.2, 0.25) is 0 Å². The first kappa shape index (κ1) is 18.5. The number of allylic oxidation sites excluding steroid dienone is 1. The normalized spacial score (nSPS) is 18.3. The highest BCUT2D eigenvalue weighted by molar-refractivity contribution is 5.93. The number of nitrogens with zero attached hydrogens (tertiary/aromatic N) is 1. The van der Waals surface area contributed by atoms with Gasteiger partial charge in [-0.15, -0.1) is 0 Å². The fraction of sp³-hybridized carbons (Fsp3) is 0.348. The molecule has 2 aromatic carbocycles. The van der Waals surface area contributed by atoms with Gasteiger partial charge in [0.05, 0.1) is 0 Å². The molecule has 0 radical (unpaired) electrons. The van der Waals surface area contributed by atoms with Gasteiger partial charge in [-0.05, 0) is 55.1 Å². The third-order valence-corrected chi connectivity index (χ3v) is 5.04. The predicted molar refractivity (Wildman–Crippen MR) is 104 cm³/mol. The van der Waals surface area contributed by atoms with E-state index in [9.17, 15) is 9.18 Å². The molecule has 1 aliphatic rings. The first-order valence-electron chi connectivity index (χ1n) is 9.45. The highest BCUT2D eigenvalue weighted by Crippen LogP contribution is 2.21. The summed E-state index contributed by atoms with van der Waals surface area (Å²) in [4.78, 5) is 14.7. The van der Waals surface area contributed by atoms with Crippen LogP contribution in [0.5, 0.6) is 0 Å². The van der Waals surface area contributed by atoms with Crippen molar-refractivity contribution in [3.05, 3.63) is 77.6 Å². The smallest absolute Gasteiger partial charge is 0.156 e. The lowest BCUT2D eigenvalue weighted by Gasteiger charge is -2.35. The van der Waals surface area contributed by atoms with E-state index in [0.29, 0.717) is 12.5 Å². The van der Waals surface area contributed by atoms with E-state index < -0.39 is 0 Å². The highest BCUT2D eigenvalue weighted by atomic mass is 19.1. The van der Waals surface area contributed by atoms with E-state index in [1.54, 1.807) is 24.3 Å². The van der Waals surface area contributed by atoms with Crippen LogP contribution in [0, 0.1) is 5.82 Å². The third-order valence-electron chi connectivity index (χ3n) is 5.04. The first-order valence-corrected chi connectivity index (χ1v) is 9.45. The van der Waals surface area contributed by atoms with Gasteiger partial charge in [-0.25, -0.2) is 4.39 Å². The number of carbonyl (C=O) groups excluding carboxylic acids is 1. The van der Waals surface area contributed by atoms with E-state index in [1.165, 1.54) is 37.0 Å². The van der Waals surface area contributed by atoms with Gasteiger partial charge >= 0.3 is 0 Å². The number of benzene rings is 2. The van der Waals surface area contributed by atoms with Crippen molar-refractivity contribution in [1.29, 1.82) is 0 Å². The summed E-state index contributed by atoms with van der Waals surface area (Å²) < 4.78 is 12.9. The van der Waals surface area contributed by atoms with Crippen LogP contribution in [0.15, 0.2) is 60.7 Å². The fourth-order valence-corrected chi connectivity index (χ4v) is 3.57. The van der Waals surface area contributed by atoms with E-state index in [-0.39, 0.29) is 11.6 Å². The molecule has 3 heteroatoms. The molecular formula is C23H26FNO. The fourth-order valence-electron chi connectivity index (χ4n) is 3.57. The highest BCUT2D eigenvalue weighted by Gasteiger charge is 2.22. The Morgan fingerprint density at radius 2 is 1.85 bits per heavy atom. The van der Waals surface area contributed by atoms with Crippen LogP contribution < -0.4 is 0 Å². The number of rotatable bonds is 7. The molecule has 26 heavy (non-hydrogen) atoms. The lowest BCUT2D eigenvalue weighted by Crippen LogP contribution is -2.41. The van der Waals surface area contributed by atoms with Crippen LogP contribution >= 0.6 is 0 Å². The van der Waals surface area contributed by atoms with E-state index in [1.807, 2.05) is 6.07 Å². The summed E-state index contributed by atoms with van der Waals surface area (Å²) in [5.74, 6) is -0.138. The molecule has 1 atom stereocenters. The zero-order chi connectivity index (χ0) is 18.2. The Morgan fingerprint density at radius 3 is 2.62 bits per heavy atom. The number of hydrogen-bond acceptors (Lipinski definition) is 2. The van der Waals surface area contributed by atoms with Crippen molar-refractivity contribution in [2.75, 3.05) is 13.1 Å². The van der Waals surface area contributed by atoms with Crippen molar-refractivity contribution < 1.29 is 9.18 Å². The number of likely N-dealkylation sites (tertiary alicyclic amines) is 1. The molecule has 0 amide bonds. The molecule has 2 nitrogen and oxygen atoms in total. The third kappa shape index (κ3) is 5.63. The number of ketones is 1. The molecule has 0 aliphatic carbocycles. The Hall–Kier alpha value is -2.26. The van der Waals surface area contributed by atoms with E-state index in [2.05, 4.69) is 29.2 Å². The molecule has 1 unspecified atom stereocenters. The predicted octanol–water partition coefficient (Wildman–Crippen LogP) is 4.90. The minimum absolute atomic E-state index is 0.123. The number of halogens is 1. The lowest BCUT2D eigenvalue weighted by molar-refractivity contribution is -0.115. The van der Waals surface area contributed by atoms with Gasteiger partial charge in [0.2, 0.25) is 0 Å². The van der Waals surface area contributed by atoms with E-state index >= 15 is 0 Å². The molecule has 1 fully saturated rings. The van der Waals surface area contributed by atoms with E-state index in [4.69, 9.17) is 0 Å². The van der Waals surface area contributed by atoms with Gasteiger partial charge in [-0.1, -0.05) is 55.0 Å². The minimum Gasteiger partial charge on any atom is -0.300 e. The molecule has 2 aromatic rings. The van der Waals surface area contributed by atoms with Crippen molar-refractivity contribution in [2.24, 2.45) is 0 Å². The molecule has 0 saturated carbocycles. The Balaban J connectivity index is 1.51. The average molecular weight is 351 g/mol. The van der Waals surface area contributed by atoms with Crippen molar-refractivity contribution in [3.8, 4) is 0 Å². The second-order valence-corrected chi connectivity index (χ2v) is 6.98. The molecule has 0 aromatic heterocycles. The molecule has 0 bridgehead atoms. The monoisotopic (exact) mass is 351 g/mol. The van der Waals surface area contributed by atoms with Gasteiger partial charge in [0.1, 0.15) is 5.82 Å². The second-order valence-electron chi connectivity index (χ2n) is 6.98. The first-order chi connectivity index (χ1) is 12.7. The number of carbonyl (C=O) groups is 1. The Labute approximate surface area is 155 Å². The quantitative estimate of drug-likeness (QED) is 0.662. The zero-order valence-electron chi connectivity index (χ0n) is 15.1. The van der Waals surface area contributed by atoms with Crippen LogP contribution in [0.1, 0.15) is 36.8 Å². The maximum atomic E-state index is 12.9. The molecule has 3 rings (SSSR count). The SMILES string of the molecule is O=C(C=Cc1ccc(F)cc1)CCN1CCCCC1Cc1ccccc1. The molecule has 0 spiro atoms. The topological polar surface area (TPSA) is 20.3 Å². The largest absolute Gasteiger partial charge is 0.300 e. The van der Waals surface area contributed by atoms with Crippen LogP contribution in [0.25, 0.3) is 6.08 Å². The van der Waals surface area contributed by atoms with Crippen molar-refractivity contribution in [2.45, 2.75) is 38.1 Å². The van der Waals surface area contributed by atoms with Gasteiger partial charge in [-0.3, -0.25) is 9.69 Å². The number of hydrogen-bond donors (Lipinski definition) is 0. The van der Waals surface area contributed by atoms with Gasteiger partial charge < -0.3 is 0 Å². The maximum Gasteiger partial charge on any atom is 0.156 e. The summed E-state index contributed by atoms with van der Waals surface area (Å²) in [5, 5.41) is 0. The molecule has 136 valence electrons. The van der Waals surface area contributed by atoms with Crippen LogP contribution in [-0.2, 0) is 11.2 Å². The molecule has 1 aliphatic heterocycles. The van der Waals surface area contributed by atoms with Crippen molar-refractivity contribution in [1.82, 2.24) is 4.90 Å². The van der Waals surface area contributed by atoms with E-state index in [0.717, 1.165) is 25.1 Å². The van der Waals surface area contributed by atoms with Crippen molar-refractivity contribution in [3.63, 3.8) is 0 Å². The van der Waals surface area contributed by atoms with Gasteiger partial charge in [0, 0.05) is 19.0 Å². The van der Waals surface area contributed by atoms with Gasteiger partial charge in [0.25, 0.3) is 0 Å².